The van der Waals surface area contributed by atoms with Crippen LogP contribution in [0.3, 0.4) is 0 Å². The molecule has 0 aliphatic carbocycles. The maximum absolute atomic E-state index is 11.4. The van der Waals surface area contributed by atoms with Crippen molar-refractivity contribution in [2.75, 3.05) is 0 Å². The molecular weight excluding hydrogens is 296 g/mol. The van der Waals surface area contributed by atoms with Gasteiger partial charge < -0.3 is 4.74 Å². The number of carbonyl (C=O) groups excluding carboxylic acids is 1. The summed E-state index contributed by atoms with van der Waals surface area (Å²) in [4.78, 5) is 11.4. The van der Waals surface area contributed by atoms with Gasteiger partial charge in [-0.15, -0.1) is 0 Å². The molecule has 0 saturated heterocycles. The number of unbranched alkanes of at least 4 members (excludes halogenated alkanes) is 11. The van der Waals surface area contributed by atoms with E-state index in [0.717, 1.165) is 6.42 Å². The highest BCUT2D eigenvalue weighted by molar-refractivity contribution is 5.82. The van der Waals surface area contributed by atoms with E-state index < -0.39 is 5.60 Å². The quantitative estimate of drug-likeness (QED) is 0.146. The maximum atomic E-state index is 11.4. The molecule has 140 valence electrons. The Morgan fingerprint density at radius 2 is 1.29 bits per heavy atom. The molecule has 0 aromatic heterocycles. The van der Waals surface area contributed by atoms with Crippen LogP contribution in [0.2, 0.25) is 0 Å². The van der Waals surface area contributed by atoms with Gasteiger partial charge in [0.25, 0.3) is 0 Å². The Morgan fingerprint density at radius 1 is 0.792 bits per heavy atom. The molecule has 0 saturated carbocycles. The number of ether oxygens (including phenoxy) is 1. The Balaban J connectivity index is 3.36. The highest BCUT2D eigenvalue weighted by Gasteiger charge is 2.13. The average molecular weight is 337 g/mol. The van der Waals surface area contributed by atoms with Gasteiger partial charge in [-0.2, -0.15) is 0 Å². The molecular formula is C22H40O2. The molecule has 0 aliphatic rings. The Morgan fingerprint density at radius 3 is 1.79 bits per heavy atom. The van der Waals surface area contributed by atoms with Gasteiger partial charge in [-0.25, -0.2) is 4.79 Å². The fourth-order valence-corrected chi connectivity index (χ4v) is 2.57. The second kappa shape index (κ2) is 15.5. The van der Waals surface area contributed by atoms with E-state index in [1.807, 2.05) is 26.8 Å². The number of hydrogen-bond acceptors (Lipinski definition) is 2. The van der Waals surface area contributed by atoms with Gasteiger partial charge in [0, 0.05) is 6.08 Å². The van der Waals surface area contributed by atoms with Crippen LogP contribution in [-0.2, 0) is 9.53 Å². The van der Waals surface area contributed by atoms with Gasteiger partial charge in [-0.3, -0.25) is 0 Å². The molecule has 0 heterocycles. The minimum atomic E-state index is -0.416. The summed E-state index contributed by atoms with van der Waals surface area (Å²) in [7, 11) is 0. The third-order valence-corrected chi connectivity index (χ3v) is 3.86. The molecule has 2 heteroatoms. The first-order valence-corrected chi connectivity index (χ1v) is 10.0. The zero-order chi connectivity index (χ0) is 18.1. The summed E-state index contributed by atoms with van der Waals surface area (Å²) >= 11 is 0. The summed E-state index contributed by atoms with van der Waals surface area (Å²) < 4.78 is 5.20. The van der Waals surface area contributed by atoms with Crippen molar-refractivity contribution in [2.24, 2.45) is 0 Å². The Kier molecular flexibility index (Phi) is 14.8. The summed E-state index contributed by atoms with van der Waals surface area (Å²) in [5.41, 5.74) is -0.416. The molecule has 0 aliphatic heterocycles. The highest BCUT2D eigenvalue weighted by atomic mass is 16.6. The summed E-state index contributed by atoms with van der Waals surface area (Å²) in [6.45, 7) is 7.90. The van der Waals surface area contributed by atoms with Crippen LogP contribution in [0.1, 0.15) is 105 Å². The summed E-state index contributed by atoms with van der Waals surface area (Å²) in [5.74, 6) is -0.276. The molecule has 0 bridgehead atoms. The molecule has 0 radical (unpaired) electrons. The Bertz CT molecular complexity index is 347. The molecule has 0 atom stereocenters. The summed E-state index contributed by atoms with van der Waals surface area (Å²) in [6, 6.07) is 0. The largest absolute Gasteiger partial charge is 0.457 e. The van der Waals surface area contributed by atoms with Crippen LogP contribution in [0.25, 0.3) is 0 Å². The third kappa shape index (κ3) is 19.0. The Labute approximate surface area is 150 Å². The molecule has 0 fully saturated rings. The second-order valence-electron chi connectivity index (χ2n) is 7.64. The van der Waals surface area contributed by atoms with Gasteiger partial charge in [0.05, 0.1) is 0 Å². The van der Waals surface area contributed by atoms with Crippen molar-refractivity contribution < 1.29 is 9.53 Å². The van der Waals surface area contributed by atoms with E-state index in [1.54, 1.807) is 6.08 Å². The van der Waals surface area contributed by atoms with Crippen LogP contribution in [0.5, 0.6) is 0 Å². The van der Waals surface area contributed by atoms with E-state index in [1.165, 1.54) is 76.7 Å². The van der Waals surface area contributed by atoms with Gasteiger partial charge in [0.1, 0.15) is 5.60 Å². The van der Waals surface area contributed by atoms with Crippen LogP contribution >= 0.6 is 0 Å². The molecule has 0 aromatic rings. The topological polar surface area (TPSA) is 26.3 Å². The van der Waals surface area contributed by atoms with Crippen molar-refractivity contribution in [2.45, 2.75) is 110 Å². The van der Waals surface area contributed by atoms with E-state index in [9.17, 15) is 4.79 Å². The number of rotatable bonds is 14. The molecule has 2 nitrogen and oxygen atoms in total. The lowest BCUT2D eigenvalue weighted by Crippen LogP contribution is -2.22. The number of hydrogen-bond donors (Lipinski definition) is 0. The first-order chi connectivity index (χ1) is 11.5. The van der Waals surface area contributed by atoms with Crippen LogP contribution in [0.4, 0.5) is 0 Å². The first-order valence-electron chi connectivity index (χ1n) is 10.0. The van der Waals surface area contributed by atoms with Crippen LogP contribution in [0.15, 0.2) is 24.3 Å². The van der Waals surface area contributed by atoms with Gasteiger partial charge in [0.2, 0.25) is 0 Å². The van der Waals surface area contributed by atoms with Gasteiger partial charge in [-0.1, -0.05) is 89.4 Å². The molecule has 0 N–H and O–H groups in total. The molecule has 0 amide bonds. The van der Waals surface area contributed by atoms with E-state index in [4.69, 9.17) is 4.74 Å². The Hall–Kier alpha value is -1.05. The van der Waals surface area contributed by atoms with Crippen LogP contribution < -0.4 is 0 Å². The lowest BCUT2D eigenvalue weighted by atomic mass is 10.1. The average Bonchev–Trinajstić information content (AvgIpc) is 2.49. The van der Waals surface area contributed by atoms with Crippen LogP contribution in [0, 0.1) is 0 Å². The smallest absolute Gasteiger partial charge is 0.331 e. The van der Waals surface area contributed by atoms with E-state index in [2.05, 4.69) is 13.0 Å². The van der Waals surface area contributed by atoms with Crippen LogP contribution in [-0.4, -0.2) is 11.6 Å². The van der Waals surface area contributed by atoms with Crippen molar-refractivity contribution in [3.8, 4) is 0 Å². The van der Waals surface area contributed by atoms with Crippen molar-refractivity contribution in [1.29, 1.82) is 0 Å². The van der Waals surface area contributed by atoms with Gasteiger partial charge in [-0.05, 0) is 33.6 Å². The molecule has 0 unspecified atom stereocenters. The fraction of sp³-hybridized carbons (Fsp3) is 0.773. The maximum Gasteiger partial charge on any atom is 0.331 e. The standard InChI is InChI=1S/C22H40O2/c1-5-6-7-8-9-10-11-12-13-14-15-16-17-18-19-20-21(23)24-22(2,3)4/h17-20H,5-16H2,1-4H3. The lowest BCUT2D eigenvalue weighted by Gasteiger charge is -2.17. The molecule has 24 heavy (non-hydrogen) atoms. The van der Waals surface area contributed by atoms with E-state index in [0.29, 0.717) is 0 Å². The second-order valence-corrected chi connectivity index (χ2v) is 7.64. The van der Waals surface area contributed by atoms with Crippen molar-refractivity contribution >= 4 is 5.97 Å². The van der Waals surface area contributed by atoms with Crippen molar-refractivity contribution in [3.05, 3.63) is 24.3 Å². The minimum absolute atomic E-state index is 0.276. The minimum Gasteiger partial charge on any atom is -0.457 e. The van der Waals surface area contributed by atoms with Crippen molar-refractivity contribution in [3.63, 3.8) is 0 Å². The third-order valence-electron chi connectivity index (χ3n) is 3.86. The number of esters is 1. The summed E-state index contributed by atoms with van der Waals surface area (Å²) in [6.07, 6.45) is 23.6. The zero-order valence-electron chi connectivity index (χ0n) is 16.6. The van der Waals surface area contributed by atoms with E-state index in [-0.39, 0.29) is 5.97 Å². The zero-order valence-corrected chi connectivity index (χ0v) is 16.6. The highest BCUT2D eigenvalue weighted by Crippen LogP contribution is 2.12. The number of allylic oxidation sites excluding steroid dienone is 3. The lowest BCUT2D eigenvalue weighted by molar-refractivity contribution is -0.148. The molecule has 0 rings (SSSR count). The molecule has 0 aromatic carbocycles. The monoisotopic (exact) mass is 336 g/mol. The van der Waals surface area contributed by atoms with Gasteiger partial charge >= 0.3 is 5.97 Å². The molecule has 0 spiro atoms. The van der Waals surface area contributed by atoms with Gasteiger partial charge in [0.15, 0.2) is 0 Å². The SMILES string of the molecule is CCCCCCCCCCCCCC=CC=CC(=O)OC(C)(C)C. The first kappa shape index (κ1) is 22.9. The van der Waals surface area contributed by atoms with Crippen molar-refractivity contribution in [1.82, 2.24) is 0 Å². The normalized spacial score (nSPS) is 12.3. The van der Waals surface area contributed by atoms with E-state index >= 15 is 0 Å². The summed E-state index contributed by atoms with van der Waals surface area (Å²) in [5, 5.41) is 0. The predicted molar refractivity (Wildman–Crippen MR) is 105 cm³/mol. The number of carbonyl (C=O) groups is 1. The predicted octanol–water partition coefficient (Wildman–Crippen LogP) is 7.14. The fourth-order valence-electron chi connectivity index (χ4n) is 2.57.